The first-order valence-corrected chi connectivity index (χ1v) is 10.0. The lowest BCUT2D eigenvalue weighted by molar-refractivity contribution is 0.306. The summed E-state index contributed by atoms with van der Waals surface area (Å²) in [6.45, 7) is 4.46. The van der Waals surface area contributed by atoms with Crippen molar-refractivity contribution in [2.45, 2.75) is 31.7 Å². The Morgan fingerprint density at radius 1 is 1.11 bits per heavy atom. The Labute approximate surface area is 176 Å². The molecule has 0 aliphatic carbocycles. The van der Waals surface area contributed by atoms with Crippen LogP contribution in [0.25, 0.3) is 0 Å². The van der Waals surface area contributed by atoms with Gasteiger partial charge >= 0.3 is 0 Å². The minimum atomic E-state index is 0. The summed E-state index contributed by atoms with van der Waals surface area (Å²) >= 11 is 1.67. The predicted molar refractivity (Wildman–Crippen MR) is 115 cm³/mol. The molecule has 0 amide bonds. The topological polar surface area (TPSA) is 64.9 Å². The number of hydrogen-bond acceptors (Lipinski definition) is 6. The molecule has 2 aromatic carbocycles. The molecule has 0 spiro atoms. The number of halogens is 1. The van der Waals surface area contributed by atoms with E-state index in [-0.39, 0.29) is 12.4 Å². The molecule has 8 heteroatoms. The highest BCUT2D eigenvalue weighted by Crippen LogP contribution is 2.16. The van der Waals surface area contributed by atoms with Crippen molar-refractivity contribution in [1.82, 2.24) is 25.5 Å². The minimum absolute atomic E-state index is 0. The number of ether oxygens (including phenoxy) is 1. The van der Waals surface area contributed by atoms with E-state index in [2.05, 4.69) is 64.2 Å². The second-order valence-electron chi connectivity index (χ2n) is 6.39. The molecule has 0 bridgehead atoms. The largest absolute Gasteiger partial charge is 0.489 e. The molecule has 0 fully saturated rings. The van der Waals surface area contributed by atoms with Gasteiger partial charge in [0.2, 0.25) is 5.16 Å². The van der Waals surface area contributed by atoms with Gasteiger partial charge in [0.25, 0.3) is 0 Å². The molecule has 6 nitrogen and oxygen atoms in total. The third-order valence-electron chi connectivity index (χ3n) is 4.06. The second-order valence-corrected chi connectivity index (χ2v) is 7.45. The number of aromatic nitrogens is 4. The van der Waals surface area contributed by atoms with E-state index in [1.165, 1.54) is 16.7 Å². The number of thioether (sulfide) groups is 1. The summed E-state index contributed by atoms with van der Waals surface area (Å²) in [7, 11) is 1.86. The quantitative estimate of drug-likeness (QED) is 0.398. The minimum Gasteiger partial charge on any atom is -0.489 e. The number of aryl methyl sites for hydroxylation is 2. The molecule has 1 N–H and O–H groups in total. The molecular weight excluding hydrogens is 394 g/mol. The van der Waals surface area contributed by atoms with Crippen molar-refractivity contribution in [3.63, 3.8) is 0 Å². The molecule has 150 valence electrons. The van der Waals surface area contributed by atoms with Crippen molar-refractivity contribution in [3.05, 3.63) is 65.2 Å². The van der Waals surface area contributed by atoms with Crippen LogP contribution >= 0.6 is 24.2 Å². The van der Waals surface area contributed by atoms with E-state index < -0.39 is 0 Å². The van der Waals surface area contributed by atoms with Crippen LogP contribution in [0.5, 0.6) is 5.75 Å². The number of nitrogens with zero attached hydrogens (tertiary/aromatic N) is 4. The SMILES string of the molecule is Cc1ccc(COc2cccc(CNCCCSc3nnnn3C)c2)cc1.Cl. The molecule has 1 heterocycles. The van der Waals surface area contributed by atoms with Gasteiger partial charge in [0.1, 0.15) is 12.4 Å². The van der Waals surface area contributed by atoms with E-state index in [4.69, 9.17) is 4.74 Å². The summed E-state index contributed by atoms with van der Waals surface area (Å²) in [5, 5.41) is 15.8. The van der Waals surface area contributed by atoms with Crippen LogP contribution in [0.1, 0.15) is 23.1 Å². The summed E-state index contributed by atoms with van der Waals surface area (Å²) < 4.78 is 7.61. The van der Waals surface area contributed by atoms with E-state index in [0.29, 0.717) is 6.61 Å². The monoisotopic (exact) mass is 419 g/mol. The summed E-state index contributed by atoms with van der Waals surface area (Å²) in [6, 6.07) is 16.7. The summed E-state index contributed by atoms with van der Waals surface area (Å²) in [5.41, 5.74) is 3.67. The predicted octanol–water partition coefficient (Wildman–Crippen LogP) is 3.79. The average molecular weight is 420 g/mol. The maximum absolute atomic E-state index is 5.92. The van der Waals surface area contributed by atoms with Gasteiger partial charge < -0.3 is 10.1 Å². The van der Waals surface area contributed by atoms with Gasteiger partial charge in [-0.3, -0.25) is 0 Å². The summed E-state index contributed by atoms with van der Waals surface area (Å²) in [6.07, 6.45) is 1.06. The van der Waals surface area contributed by atoms with Crippen LogP contribution in [0.3, 0.4) is 0 Å². The van der Waals surface area contributed by atoms with E-state index in [1.807, 2.05) is 19.2 Å². The van der Waals surface area contributed by atoms with Gasteiger partial charge in [-0.2, -0.15) is 0 Å². The highest BCUT2D eigenvalue weighted by atomic mass is 35.5. The van der Waals surface area contributed by atoms with E-state index in [1.54, 1.807) is 16.4 Å². The molecular formula is C20H26ClN5OS. The van der Waals surface area contributed by atoms with Crippen molar-refractivity contribution in [3.8, 4) is 5.75 Å². The molecule has 0 atom stereocenters. The van der Waals surface area contributed by atoms with Crippen LogP contribution in [0.2, 0.25) is 0 Å². The smallest absolute Gasteiger partial charge is 0.209 e. The highest BCUT2D eigenvalue weighted by molar-refractivity contribution is 7.99. The van der Waals surface area contributed by atoms with Crippen molar-refractivity contribution in [2.75, 3.05) is 12.3 Å². The standard InChI is InChI=1S/C20H25N5OS.ClH/c1-16-7-9-17(10-8-16)15-26-19-6-3-5-18(13-19)14-21-11-4-12-27-20-22-23-24-25(20)2;/h3,5-10,13,21H,4,11-12,14-15H2,1-2H3;1H. The molecule has 0 aliphatic rings. The van der Waals surface area contributed by atoms with Crippen LogP contribution in [-0.4, -0.2) is 32.5 Å². The van der Waals surface area contributed by atoms with E-state index in [9.17, 15) is 0 Å². The molecule has 3 aromatic rings. The van der Waals surface area contributed by atoms with Gasteiger partial charge in [0.05, 0.1) is 0 Å². The Hall–Kier alpha value is -2.09. The molecule has 0 unspecified atom stereocenters. The molecule has 0 radical (unpaired) electrons. The van der Waals surface area contributed by atoms with E-state index in [0.717, 1.165) is 36.2 Å². The van der Waals surface area contributed by atoms with Gasteiger partial charge in [0.15, 0.2) is 0 Å². The Balaban J connectivity index is 0.00000280. The van der Waals surface area contributed by atoms with Gasteiger partial charge in [-0.25, -0.2) is 4.68 Å². The Kier molecular flexibility index (Phi) is 9.27. The fourth-order valence-electron chi connectivity index (χ4n) is 2.53. The van der Waals surface area contributed by atoms with Gasteiger partial charge in [-0.05, 0) is 53.6 Å². The van der Waals surface area contributed by atoms with Crippen LogP contribution in [0.15, 0.2) is 53.7 Å². The third-order valence-corrected chi connectivity index (χ3v) is 5.16. The van der Waals surface area contributed by atoms with E-state index >= 15 is 0 Å². The van der Waals surface area contributed by atoms with Crippen molar-refractivity contribution < 1.29 is 4.74 Å². The van der Waals surface area contributed by atoms with Crippen molar-refractivity contribution >= 4 is 24.2 Å². The maximum Gasteiger partial charge on any atom is 0.209 e. The molecule has 0 aliphatic heterocycles. The fraction of sp³-hybridized carbons (Fsp3) is 0.350. The number of tetrazole rings is 1. The molecule has 1 aromatic heterocycles. The first-order valence-electron chi connectivity index (χ1n) is 9.04. The first kappa shape index (κ1) is 22.2. The van der Waals surface area contributed by atoms with Crippen LogP contribution < -0.4 is 10.1 Å². The lowest BCUT2D eigenvalue weighted by Gasteiger charge is -2.09. The highest BCUT2D eigenvalue weighted by Gasteiger charge is 2.02. The number of benzene rings is 2. The normalized spacial score (nSPS) is 10.5. The van der Waals surface area contributed by atoms with Gasteiger partial charge in [0, 0.05) is 19.3 Å². The molecule has 28 heavy (non-hydrogen) atoms. The van der Waals surface area contributed by atoms with Gasteiger partial charge in [-0.15, -0.1) is 17.5 Å². The average Bonchev–Trinajstić information content (AvgIpc) is 3.09. The lowest BCUT2D eigenvalue weighted by atomic mass is 10.2. The van der Waals surface area contributed by atoms with Crippen LogP contribution in [0.4, 0.5) is 0 Å². The summed E-state index contributed by atoms with van der Waals surface area (Å²) in [4.78, 5) is 0. The Bertz CT molecular complexity index is 841. The number of rotatable bonds is 10. The zero-order valence-electron chi connectivity index (χ0n) is 16.2. The van der Waals surface area contributed by atoms with Crippen LogP contribution in [0, 0.1) is 6.92 Å². The number of nitrogens with one attached hydrogen (secondary N) is 1. The Morgan fingerprint density at radius 3 is 2.68 bits per heavy atom. The lowest BCUT2D eigenvalue weighted by Crippen LogP contribution is -2.15. The van der Waals surface area contributed by atoms with Crippen molar-refractivity contribution in [2.24, 2.45) is 7.05 Å². The second kappa shape index (κ2) is 11.7. The van der Waals surface area contributed by atoms with Crippen LogP contribution in [-0.2, 0) is 20.2 Å². The first-order chi connectivity index (χ1) is 13.2. The number of hydrogen-bond donors (Lipinski definition) is 1. The molecule has 0 saturated heterocycles. The zero-order valence-corrected chi connectivity index (χ0v) is 17.8. The maximum atomic E-state index is 5.92. The third kappa shape index (κ3) is 7.14. The zero-order chi connectivity index (χ0) is 18.9. The molecule has 3 rings (SSSR count). The Morgan fingerprint density at radius 2 is 1.93 bits per heavy atom. The molecule has 0 saturated carbocycles. The fourth-order valence-corrected chi connectivity index (χ4v) is 3.32. The summed E-state index contributed by atoms with van der Waals surface area (Å²) in [5.74, 6) is 1.89. The van der Waals surface area contributed by atoms with Gasteiger partial charge in [-0.1, -0.05) is 53.7 Å². The van der Waals surface area contributed by atoms with Crippen molar-refractivity contribution in [1.29, 1.82) is 0 Å².